The van der Waals surface area contributed by atoms with E-state index in [1.165, 1.54) is 0 Å². The Balaban J connectivity index is 3.16. The first-order valence-corrected chi connectivity index (χ1v) is 5.56. The molecule has 1 aromatic carbocycles. The lowest BCUT2D eigenvalue weighted by atomic mass is 10.0. The van der Waals surface area contributed by atoms with Crippen LogP contribution in [-0.2, 0) is 6.42 Å². The molecule has 2 nitrogen and oxygen atoms in total. The van der Waals surface area contributed by atoms with Gasteiger partial charge in [0.1, 0.15) is 11.5 Å². The lowest BCUT2D eigenvalue weighted by Crippen LogP contribution is -2.02. The molecule has 15 heavy (non-hydrogen) atoms. The number of aryl methyl sites for hydroxylation is 1. The summed E-state index contributed by atoms with van der Waals surface area (Å²) >= 11 is 0. The minimum atomic E-state index is 0.369. The molecule has 84 valence electrons. The summed E-state index contributed by atoms with van der Waals surface area (Å²) in [6.07, 6.45) is 1.89. The summed E-state index contributed by atoms with van der Waals surface area (Å²) in [5.41, 5.74) is 3.08. The van der Waals surface area contributed by atoms with Crippen molar-refractivity contribution in [2.24, 2.45) is 0 Å². The predicted octanol–water partition coefficient (Wildman–Crippen LogP) is 3.36. The molecule has 0 spiro atoms. The van der Waals surface area contributed by atoms with Crippen LogP contribution < -0.4 is 4.74 Å². The minimum Gasteiger partial charge on any atom is -0.508 e. The van der Waals surface area contributed by atoms with Crippen molar-refractivity contribution >= 4 is 0 Å². The Morgan fingerprint density at radius 3 is 2.47 bits per heavy atom. The van der Waals surface area contributed by atoms with Crippen LogP contribution in [-0.4, -0.2) is 11.7 Å². The Morgan fingerprint density at radius 1 is 1.27 bits per heavy atom. The predicted molar refractivity (Wildman–Crippen MR) is 62.7 cm³/mol. The van der Waals surface area contributed by atoms with E-state index in [0.29, 0.717) is 5.75 Å². The second-order valence-corrected chi connectivity index (χ2v) is 3.85. The molecule has 0 aliphatic carbocycles. The van der Waals surface area contributed by atoms with Crippen LogP contribution >= 0.6 is 0 Å². The average molecular weight is 208 g/mol. The number of ether oxygens (including phenoxy) is 1. The summed E-state index contributed by atoms with van der Waals surface area (Å²) in [6.45, 7) is 8.82. The Hall–Kier alpha value is -1.18. The normalized spacial score (nSPS) is 10.4. The molecule has 1 aromatic rings. The SMILES string of the molecule is CCCOc1c(C)cc(O)c(C)c1CC. The van der Waals surface area contributed by atoms with E-state index < -0.39 is 0 Å². The zero-order chi connectivity index (χ0) is 11.4. The molecule has 0 bridgehead atoms. The highest BCUT2D eigenvalue weighted by Crippen LogP contribution is 2.33. The number of aromatic hydroxyl groups is 1. The van der Waals surface area contributed by atoms with E-state index in [9.17, 15) is 5.11 Å². The first-order valence-electron chi connectivity index (χ1n) is 5.56. The van der Waals surface area contributed by atoms with E-state index in [1.54, 1.807) is 6.07 Å². The van der Waals surface area contributed by atoms with Crippen molar-refractivity contribution in [1.82, 2.24) is 0 Å². The molecule has 0 atom stereocenters. The molecule has 0 unspecified atom stereocenters. The van der Waals surface area contributed by atoms with Crippen LogP contribution in [0.2, 0.25) is 0 Å². The number of rotatable bonds is 4. The van der Waals surface area contributed by atoms with Gasteiger partial charge in [-0.05, 0) is 43.9 Å². The molecule has 0 aromatic heterocycles. The number of phenolic OH excluding ortho intramolecular Hbond substituents is 1. The Morgan fingerprint density at radius 2 is 1.93 bits per heavy atom. The lowest BCUT2D eigenvalue weighted by Gasteiger charge is -2.16. The molecule has 1 rings (SSSR count). The smallest absolute Gasteiger partial charge is 0.125 e. The van der Waals surface area contributed by atoms with Crippen molar-refractivity contribution in [1.29, 1.82) is 0 Å². The summed E-state index contributed by atoms with van der Waals surface area (Å²) < 4.78 is 5.73. The fourth-order valence-electron chi connectivity index (χ4n) is 1.77. The number of phenols is 1. The summed E-state index contributed by atoms with van der Waals surface area (Å²) in [5.74, 6) is 1.32. The standard InChI is InChI=1S/C13H20O2/c1-5-7-15-13-9(3)8-12(14)10(4)11(13)6-2/h8,14H,5-7H2,1-4H3. The maximum absolute atomic E-state index is 9.71. The van der Waals surface area contributed by atoms with Crippen LogP contribution in [0, 0.1) is 13.8 Å². The molecule has 0 aliphatic heterocycles. The topological polar surface area (TPSA) is 29.5 Å². The van der Waals surface area contributed by atoms with Crippen LogP contribution in [0.5, 0.6) is 11.5 Å². The zero-order valence-electron chi connectivity index (χ0n) is 10.1. The van der Waals surface area contributed by atoms with Gasteiger partial charge in [0.2, 0.25) is 0 Å². The number of hydrogen-bond acceptors (Lipinski definition) is 2. The van der Waals surface area contributed by atoms with Gasteiger partial charge in [0.15, 0.2) is 0 Å². The first kappa shape index (κ1) is 11.9. The van der Waals surface area contributed by atoms with Gasteiger partial charge in [-0.15, -0.1) is 0 Å². The van der Waals surface area contributed by atoms with Gasteiger partial charge in [0.25, 0.3) is 0 Å². The molecule has 0 heterocycles. The van der Waals surface area contributed by atoms with Crippen molar-refractivity contribution in [3.8, 4) is 11.5 Å². The van der Waals surface area contributed by atoms with Crippen molar-refractivity contribution in [3.05, 3.63) is 22.8 Å². The van der Waals surface area contributed by atoms with E-state index in [2.05, 4.69) is 13.8 Å². The molecule has 0 amide bonds. The van der Waals surface area contributed by atoms with Gasteiger partial charge in [-0.2, -0.15) is 0 Å². The van der Waals surface area contributed by atoms with Gasteiger partial charge in [-0.1, -0.05) is 13.8 Å². The van der Waals surface area contributed by atoms with Crippen molar-refractivity contribution in [2.75, 3.05) is 6.61 Å². The first-order chi connectivity index (χ1) is 7.11. The quantitative estimate of drug-likeness (QED) is 0.822. The van der Waals surface area contributed by atoms with Crippen LogP contribution in [0.4, 0.5) is 0 Å². The fraction of sp³-hybridized carbons (Fsp3) is 0.538. The molecule has 2 heteroatoms. The number of benzene rings is 1. The molecule has 0 aliphatic rings. The van der Waals surface area contributed by atoms with Crippen molar-refractivity contribution in [2.45, 2.75) is 40.5 Å². The Labute approximate surface area is 91.9 Å². The third-order valence-electron chi connectivity index (χ3n) is 2.63. The maximum atomic E-state index is 9.71. The maximum Gasteiger partial charge on any atom is 0.125 e. The monoisotopic (exact) mass is 208 g/mol. The molecular formula is C13H20O2. The Kier molecular flexibility index (Phi) is 4.01. The summed E-state index contributed by atoms with van der Waals surface area (Å²) in [5, 5.41) is 9.71. The minimum absolute atomic E-state index is 0.369. The highest BCUT2D eigenvalue weighted by atomic mass is 16.5. The van der Waals surface area contributed by atoms with Crippen LogP contribution in [0.25, 0.3) is 0 Å². The van der Waals surface area contributed by atoms with Gasteiger partial charge < -0.3 is 9.84 Å². The second kappa shape index (κ2) is 5.06. The third kappa shape index (κ3) is 2.44. The van der Waals surface area contributed by atoms with Gasteiger partial charge >= 0.3 is 0 Å². The Bertz CT molecular complexity index is 343. The molecule has 0 fully saturated rings. The van der Waals surface area contributed by atoms with Gasteiger partial charge in [-0.3, -0.25) is 0 Å². The molecule has 1 N–H and O–H groups in total. The van der Waals surface area contributed by atoms with Crippen LogP contribution in [0.1, 0.15) is 37.0 Å². The molecular weight excluding hydrogens is 188 g/mol. The second-order valence-electron chi connectivity index (χ2n) is 3.85. The van der Waals surface area contributed by atoms with E-state index >= 15 is 0 Å². The van der Waals surface area contributed by atoms with Crippen LogP contribution in [0.15, 0.2) is 6.07 Å². The molecule has 0 saturated heterocycles. The van der Waals surface area contributed by atoms with Crippen molar-refractivity contribution < 1.29 is 9.84 Å². The van der Waals surface area contributed by atoms with E-state index in [4.69, 9.17) is 4.74 Å². The van der Waals surface area contributed by atoms with Gasteiger partial charge in [-0.25, -0.2) is 0 Å². The summed E-state index contributed by atoms with van der Waals surface area (Å²) in [6, 6.07) is 1.78. The molecule has 0 radical (unpaired) electrons. The van der Waals surface area contributed by atoms with E-state index in [0.717, 1.165) is 41.9 Å². The van der Waals surface area contributed by atoms with Crippen molar-refractivity contribution in [3.63, 3.8) is 0 Å². The van der Waals surface area contributed by atoms with E-state index in [-0.39, 0.29) is 0 Å². The highest BCUT2D eigenvalue weighted by molar-refractivity contribution is 5.52. The highest BCUT2D eigenvalue weighted by Gasteiger charge is 2.12. The zero-order valence-corrected chi connectivity index (χ0v) is 10.1. The average Bonchev–Trinajstić information content (AvgIpc) is 2.21. The summed E-state index contributed by atoms with van der Waals surface area (Å²) in [7, 11) is 0. The largest absolute Gasteiger partial charge is 0.508 e. The van der Waals surface area contributed by atoms with Gasteiger partial charge in [0, 0.05) is 5.56 Å². The van der Waals surface area contributed by atoms with Gasteiger partial charge in [0.05, 0.1) is 6.61 Å². The molecule has 0 saturated carbocycles. The van der Waals surface area contributed by atoms with E-state index in [1.807, 2.05) is 13.8 Å². The third-order valence-corrected chi connectivity index (χ3v) is 2.63. The summed E-state index contributed by atoms with van der Waals surface area (Å²) in [4.78, 5) is 0. The fourth-order valence-corrected chi connectivity index (χ4v) is 1.77. The lowest BCUT2D eigenvalue weighted by molar-refractivity contribution is 0.311. The number of hydrogen-bond donors (Lipinski definition) is 1. The van der Waals surface area contributed by atoms with Crippen LogP contribution in [0.3, 0.4) is 0 Å².